The molecule has 1 heterocycles. The maximum atomic E-state index is 5.67. The number of benzene rings is 1. The summed E-state index contributed by atoms with van der Waals surface area (Å²) in [6.07, 6.45) is 4.96. The van der Waals surface area contributed by atoms with Gasteiger partial charge in [-0.05, 0) is 44.5 Å². The minimum atomic E-state index is 0.816. The predicted octanol–water partition coefficient (Wildman–Crippen LogP) is 2.65. The molecule has 0 radical (unpaired) electrons. The predicted molar refractivity (Wildman–Crippen MR) is 108 cm³/mol. The Morgan fingerprint density at radius 3 is 1.88 bits per heavy atom. The monoisotopic (exact) mass is 346 g/mol. The molecule has 0 atom stereocenters. The third-order valence-electron chi connectivity index (χ3n) is 5.20. The Kier molecular flexibility index (Phi) is 10.1. The number of rotatable bonds is 9. The standard InChI is InChI=1S/C21H38N4/c1-2-3-12-23-14-15-24(13-8-7-11-22)17-19-25(18-16-23)20-21-9-5-4-6-10-21/h4-6,9-10H,2-3,7-8,11-20,22H2,1H3. The number of nitrogens with zero attached hydrogens (tertiary/aromatic N) is 3. The van der Waals surface area contributed by atoms with Crippen molar-refractivity contribution in [3.8, 4) is 0 Å². The van der Waals surface area contributed by atoms with Gasteiger partial charge in [0, 0.05) is 45.8 Å². The van der Waals surface area contributed by atoms with Gasteiger partial charge >= 0.3 is 0 Å². The second-order valence-electron chi connectivity index (χ2n) is 7.29. The summed E-state index contributed by atoms with van der Waals surface area (Å²) in [7, 11) is 0. The molecule has 142 valence electrons. The lowest BCUT2D eigenvalue weighted by Gasteiger charge is -2.25. The lowest BCUT2D eigenvalue weighted by molar-refractivity contribution is 0.211. The van der Waals surface area contributed by atoms with E-state index in [0.29, 0.717) is 0 Å². The molecule has 1 aromatic carbocycles. The summed E-state index contributed by atoms with van der Waals surface area (Å²) in [5, 5.41) is 0. The van der Waals surface area contributed by atoms with Crippen molar-refractivity contribution in [3.05, 3.63) is 35.9 Å². The maximum absolute atomic E-state index is 5.67. The molecule has 1 saturated heterocycles. The Bertz CT molecular complexity index is 437. The summed E-state index contributed by atoms with van der Waals surface area (Å²) >= 11 is 0. The first-order chi connectivity index (χ1) is 12.3. The third kappa shape index (κ3) is 8.32. The number of nitrogens with two attached hydrogens (primary N) is 1. The average molecular weight is 347 g/mol. The zero-order valence-corrected chi connectivity index (χ0v) is 16.2. The maximum Gasteiger partial charge on any atom is 0.0234 e. The number of hydrogen-bond acceptors (Lipinski definition) is 4. The lowest BCUT2D eigenvalue weighted by atomic mass is 10.2. The molecule has 1 fully saturated rings. The fraction of sp³-hybridized carbons (Fsp3) is 0.714. The molecule has 4 nitrogen and oxygen atoms in total. The van der Waals surface area contributed by atoms with Crippen LogP contribution in [0.5, 0.6) is 0 Å². The normalized spacial score (nSPS) is 18.6. The van der Waals surface area contributed by atoms with Gasteiger partial charge in [-0.2, -0.15) is 0 Å². The average Bonchev–Trinajstić information content (AvgIpc) is 2.73. The van der Waals surface area contributed by atoms with Crippen molar-refractivity contribution >= 4 is 0 Å². The molecular weight excluding hydrogens is 308 g/mol. The van der Waals surface area contributed by atoms with Gasteiger partial charge in [-0.1, -0.05) is 43.7 Å². The van der Waals surface area contributed by atoms with E-state index in [-0.39, 0.29) is 0 Å². The van der Waals surface area contributed by atoms with E-state index in [1.165, 1.54) is 77.2 Å². The summed E-state index contributed by atoms with van der Waals surface area (Å²) in [6, 6.07) is 10.9. The summed E-state index contributed by atoms with van der Waals surface area (Å²) in [6.45, 7) is 13.7. The molecular formula is C21H38N4. The van der Waals surface area contributed by atoms with Crippen LogP contribution in [0.25, 0.3) is 0 Å². The van der Waals surface area contributed by atoms with E-state index >= 15 is 0 Å². The molecule has 0 aliphatic carbocycles. The molecule has 1 aliphatic heterocycles. The molecule has 0 bridgehead atoms. The molecule has 0 spiro atoms. The summed E-state index contributed by atoms with van der Waals surface area (Å²) in [4.78, 5) is 7.95. The number of unbranched alkanes of at least 4 members (excludes halogenated alkanes) is 2. The highest BCUT2D eigenvalue weighted by molar-refractivity contribution is 5.14. The van der Waals surface area contributed by atoms with Gasteiger partial charge in [-0.3, -0.25) is 4.90 Å². The van der Waals surface area contributed by atoms with E-state index in [4.69, 9.17) is 5.73 Å². The highest BCUT2D eigenvalue weighted by Crippen LogP contribution is 2.08. The smallest absolute Gasteiger partial charge is 0.0234 e. The zero-order chi connectivity index (χ0) is 17.7. The van der Waals surface area contributed by atoms with E-state index in [2.05, 4.69) is 52.0 Å². The Labute approximate surface area is 155 Å². The molecule has 0 saturated carbocycles. The molecule has 25 heavy (non-hydrogen) atoms. The fourth-order valence-electron chi connectivity index (χ4n) is 3.49. The first-order valence-corrected chi connectivity index (χ1v) is 10.2. The van der Waals surface area contributed by atoms with Crippen LogP contribution in [0.3, 0.4) is 0 Å². The van der Waals surface area contributed by atoms with Crippen LogP contribution in [-0.2, 0) is 6.54 Å². The van der Waals surface area contributed by atoms with Crippen molar-refractivity contribution in [1.82, 2.24) is 14.7 Å². The molecule has 0 aromatic heterocycles. The minimum absolute atomic E-state index is 0.816. The highest BCUT2D eigenvalue weighted by atomic mass is 15.3. The topological polar surface area (TPSA) is 35.7 Å². The van der Waals surface area contributed by atoms with Crippen LogP contribution < -0.4 is 5.73 Å². The van der Waals surface area contributed by atoms with Crippen molar-refractivity contribution < 1.29 is 0 Å². The van der Waals surface area contributed by atoms with Crippen LogP contribution >= 0.6 is 0 Å². The van der Waals surface area contributed by atoms with Gasteiger partial charge in [0.2, 0.25) is 0 Å². The second-order valence-corrected chi connectivity index (χ2v) is 7.29. The van der Waals surface area contributed by atoms with Crippen molar-refractivity contribution in [2.75, 3.05) is 58.9 Å². The molecule has 1 aliphatic rings. The van der Waals surface area contributed by atoms with Gasteiger partial charge in [-0.25, -0.2) is 0 Å². The van der Waals surface area contributed by atoms with Crippen LogP contribution in [0.1, 0.15) is 38.2 Å². The van der Waals surface area contributed by atoms with Gasteiger partial charge in [0.05, 0.1) is 0 Å². The van der Waals surface area contributed by atoms with E-state index < -0.39 is 0 Å². The fourth-order valence-corrected chi connectivity index (χ4v) is 3.49. The summed E-state index contributed by atoms with van der Waals surface area (Å²) in [5.74, 6) is 0. The van der Waals surface area contributed by atoms with Gasteiger partial charge < -0.3 is 15.5 Å². The molecule has 2 rings (SSSR count). The van der Waals surface area contributed by atoms with E-state index in [0.717, 1.165) is 19.5 Å². The van der Waals surface area contributed by atoms with Crippen LogP contribution in [0.2, 0.25) is 0 Å². The van der Waals surface area contributed by atoms with Gasteiger partial charge in [0.1, 0.15) is 0 Å². The number of hydrogen-bond donors (Lipinski definition) is 1. The molecule has 4 heteroatoms. The van der Waals surface area contributed by atoms with Gasteiger partial charge in [0.25, 0.3) is 0 Å². The Morgan fingerprint density at radius 1 is 0.760 bits per heavy atom. The zero-order valence-electron chi connectivity index (χ0n) is 16.2. The first kappa shape index (κ1) is 20.4. The lowest BCUT2D eigenvalue weighted by Crippen LogP contribution is -2.37. The van der Waals surface area contributed by atoms with Crippen LogP contribution in [0.4, 0.5) is 0 Å². The summed E-state index contributed by atoms with van der Waals surface area (Å²) < 4.78 is 0. The Hall–Kier alpha value is -0.940. The molecule has 0 unspecified atom stereocenters. The Balaban J connectivity index is 1.93. The quantitative estimate of drug-likeness (QED) is 0.697. The van der Waals surface area contributed by atoms with Crippen molar-refractivity contribution in [2.45, 2.75) is 39.2 Å². The third-order valence-corrected chi connectivity index (χ3v) is 5.20. The summed E-state index contributed by atoms with van der Waals surface area (Å²) in [5.41, 5.74) is 7.10. The van der Waals surface area contributed by atoms with Crippen molar-refractivity contribution in [2.24, 2.45) is 5.73 Å². The largest absolute Gasteiger partial charge is 0.330 e. The van der Waals surface area contributed by atoms with Crippen molar-refractivity contribution in [1.29, 1.82) is 0 Å². The Morgan fingerprint density at radius 2 is 1.32 bits per heavy atom. The van der Waals surface area contributed by atoms with E-state index in [1.54, 1.807) is 0 Å². The molecule has 0 amide bonds. The van der Waals surface area contributed by atoms with Crippen LogP contribution in [0, 0.1) is 0 Å². The first-order valence-electron chi connectivity index (χ1n) is 10.2. The van der Waals surface area contributed by atoms with E-state index in [1.807, 2.05) is 0 Å². The van der Waals surface area contributed by atoms with Crippen LogP contribution in [-0.4, -0.2) is 73.6 Å². The SMILES string of the molecule is CCCCN1CCN(CCCCN)CCN(Cc2ccccc2)CC1. The van der Waals surface area contributed by atoms with E-state index in [9.17, 15) is 0 Å². The molecule has 1 aromatic rings. The molecule has 2 N–H and O–H groups in total. The minimum Gasteiger partial charge on any atom is -0.330 e. The van der Waals surface area contributed by atoms with Gasteiger partial charge in [0.15, 0.2) is 0 Å². The van der Waals surface area contributed by atoms with Crippen molar-refractivity contribution in [3.63, 3.8) is 0 Å². The van der Waals surface area contributed by atoms with Gasteiger partial charge in [-0.15, -0.1) is 0 Å². The second kappa shape index (κ2) is 12.4. The highest BCUT2D eigenvalue weighted by Gasteiger charge is 2.16. The van der Waals surface area contributed by atoms with Crippen LogP contribution in [0.15, 0.2) is 30.3 Å².